The Morgan fingerprint density at radius 1 is 1.28 bits per heavy atom. The predicted molar refractivity (Wildman–Crippen MR) is 71.5 cm³/mol. The molecule has 1 atom stereocenters. The second-order valence-corrected chi connectivity index (χ2v) is 5.55. The highest BCUT2D eigenvalue weighted by Crippen LogP contribution is 2.30. The molecule has 4 nitrogen and oxygen atoms in total. The Kier molecular flexibility index (Phi) is 2.21. The lowest BCUT2D eigenvalue weighted by molar-refractivity contribution is 0.488. The van der Waals surface area contributed by atoms with Gasteiger partial charge in [-0.05, 0) is 12.1 Å². The Hall–Kier alpha value is -1.72. The van der Waals surface area contributed by atoms with Crippen molar-refractivity contribution in [2.45, 2.75) is 19.0 Å². The van der Waals surface area contributed by atoms with Gasteiger partial charge in [-0.15, -0.1) is 11.3 Å². The summed E-state index contributed by atoms with van der Waals surface area (Å²) in [5, 5.41) is 4.67. The number of aromatic amines is 1. The first-order chi connectivity index (χ1) is 8.90. The maximum absolute atomic E-state index is 4.71. The summed E-state index contributed by atoms with van der Waals surface area (Å²) in [6.45, 7) is 0.843. The normalized spacial score (nSPS) is 19.0. The van der Waals surface area contributed by atoms with E-state index >= 15 is 0 Å². The number of hydrogen-bond acceptors (Lipinski definition) is 4. The Bertz CT molecular complexity index is 667. The molecule has 1 unspecified atom stereocenters. The van der Waals surface area contributed by atoms with Crippen molar-refractivity contribution in [3.8, 4) is 0 Å². The monoisotopic (exact) mass is 256 g/mol. The van der Waals surface area contributed by atoms with Crippen molar-refractivity contribution in [3.05, 3.63) is 47.0 Å². The van der Waals surface area contributed by atoms with Gasteiger partial charge in [-0.1, -0.05) is 12.1 Å². The van der Waals surface area contributed by atoms with Crippen molar-refractivity contribution in [2.75, 3.05) is 0 Å². The third-order valence-corrected chi connectivity index (χ3v) is 4.49. The van der Waals surface area contributed by atoms with Crippen LogP contribution in [-0.2, 0) is 13.0 Å². The maximum atomic E-state index is 4.71. The van der Waals surface area contributed by atoms with Gasteiger partial charge >= 0.3 is 0 Å². The molecular formula is C13H12N4S. The first-order valence-electron chi connectivity index (χ1n) is 6.00. The minimum Gasteiger partial charge on any atom is -0.347 e. The van der Waals surface area contributed by atoms with E-state index in [1.54, 1.807) is 17.7 Å². The fourth-order valence-electron chi connectivity index (χ4n) is 2.38. The third-order valence-electron chi connectivity index (χ3n) is 3.34. The number of thiazole rings is 1. The molecule has 3 heterocycles. The topological polar surface area (TPSA) is 53.6 Å². The Morgan fingerprint density at radius 2 is 2.22 bits per heavy atom. The molecule has 2 N–H and O–H groups in total. The van der Waals surface area contributed by atoms with E-state index in [-0.39, 0.29) is 6.04 Å². The zero-order chi connectivity index (χ0) is 11.9. The van der Waals surface area contributed by atoms with E-state index in [0.29, 0.717) is 0 Å². The molecule has 3 aromatic rings. The quantitative estimate of drug-likeness (QED) is 0.703. The number of imidazole rings is 1. The average Bonchev–Trinajstić information content (AvgIpc) is 3.04. The van der Waals surface area contributed by atoms with Gasteiger partial charge in [0, 0.05) is 13.0 Å². The molecule has 1 aliphatic heterocycles. The second kappa shape index (κ2) is 3.90. The summed E-state index contributed by atoms with van der Waals surface area (Å²) in [5.74, 6) is 0. The minimum atomic E-state index is 0.290. The molecule has 1 aliphatic rings. The average molecular weight is 256 g/mol. The number of hydrogen-bond donors (Lipinski definition) is 2. The summed E-state index contributed by atoms with van der Waals surface area (Å²) in [5.41, 5.74) is 3.46. The molecule has 0 bridgehead atoms. The smallest absolute Gasteiger partial charge is 0.111 e. The van der Waals surface area contributed by atoms with E-state index in [4.69, 9.17) is 4.98 Å². The van der Waals surface area contributed by atoms with Gasteiger partial charge in [0.2, 0.25) is 0 Å². The van der Waals surface area contributed by atoms with E-state index in [1.807, 2.05) is 6.07 Å². The highest BCUT2D eigenvalue weighted by molar-refractivity contribution is 7.18. The lowest BCUT2D eigenvalue weighted by Gasteiger charge is -2.20. The summed E-state index contributed by atoms with van der Waals surface area (Å²) < 4.78 is 1.25. The van der Waals surface area contributed by atoms with Gasteiger partial charge in [0.15, 0.2) is 0 Å². The fraction of sp³-hybridized carbons (Fsp3) is 0.231. The van der Waals surface area contributed by atoms with Gasteiger partial charge in [-0.25, -0.2) is 9.97 Å². The van der Waals surface area contributed by atoms with E-state index in [0.717, 1.165) is 29.2 Å². The van der Waals surface area contributed by atoms with Crippen LogP contribution < -0.4 is 5.32 Å². The lowest BCUT2D eigenvalue weighted by atomic mass is 10.1. The molecule has 1 aromatic carbocycles. The maximum Gasteiger partial charge on any atom is 0.111 e. The molecular weight excluding hydrogens is 244 g/mol. The van der Waals surface area contributed by atoms with Gasteiger partial charge in [0.05, 0.1) is 34.0 Å². The van der Waals surface area contributed by atoms with Crippen molar-refractivity contribution in [2.24, 2.45) is 0 Å². The molecule has 18 heavy (non-hydrogen) atoms. The SMILES string of the molecule is c1ccc2sc(C3Cc4nc[nH]c4CN3)nc2c1. The zero-order valence-electron chi connectivity index (χ0n) is 9.68. The van der Waals surface area contributed by atoms with Crippen LogP contribution in [0.2, 0.25) is 0 Å². The summed E-state index contributed by atoms with van der Waals surface area (Å²) in [4.78, 5) is 12.2. The molecule has 0 aliphatic carbocycles. The number of fused-ring (bicyclic) bond motifs is 2. The second-order valence-electron chi connectivity index (χ2n) is 4.49. The van der Waals surface area contributed by atoms with Gasteiger partial charge in [-0.3, -0.25) is 0 Å². The van der Waals surface area contributed by atoms with Crippen molar-refractivity contribution >= 4 is 21.6 Å². The molecule has 0 fully saturated rings. The number of aromatic nitrogens is 3. The number of H-pyrrole nitrogens is 1. The number of benzene rings is 1. The number of para-hydroxylation sites is 1. The number of rotatable bonds is 1. The Balaban J connectivity index is 1.72. The van der Waals surface area contributed by atoms with Crippen molar-refractivity contribution < 1.29 is 0 Å². The molecule has 0 saturated carbocycles. The highest BCUT2D eigenvalue weighted by atomic mass is 32.1. The highest BCUT2D eigenvalue weighted by Gasteiger charge is 2.23. The lowest BCUT2D eigenvalue weighted by Crippen LogP contribution is -2.28. The Morgan fingerprint density at radius 3 is 3.17 bits per heavy atom. The largest absolute Gasteiger partial charge is 0.347 e. The Labute approximate surface area is 108 Å². The first-order valence-corrected chi connectivity index (χ1v) is 6.82. The van der Waals surface area contributed by atoms with Crippen molar-refractivity contribution in [3.63, 3.8) is 0 Å². The molecule has 2 aromatic heterocycles. The summed E-state index contributed by atoms with van der Waals surface area (Å²) in [6, 6.07) is 8.58. The van der Waals surface area contributed by atoms with Crippen LogP contribution in [0.3, 0.4) is 0 Å². The molecule has 0 amide bonds. The summed E-state index contributed by atoms with van der Waals surface area (Å²) in [6.07, 6.45) is 2.69. The molecule has 4 rings (SSSR count). The van der Waals surface area contributed by atoms with Crippen LogP contribution >= 0.6 is 11.3 Å². The summed E-state index contributed by atoms with van der Waals surface area (Å²) >= 11 is 1.77. The fourth-order valence-corrected chi connectivity index (χ4v) is 3.43. The van der Waals surface area contributed by atoms with Gasteiger partial charge < -0.3 is 10.3 Å². The van der Waals surface area contributed by atoms with Gasteiger partial charge in [-0.2, -0.15) is 0 Å². The molecule has 0 radical (unpaired) electrons. The molecule has 0 spiro atoms. The number of nitrogens with one attached hydrogen (secondary N) is 2. The van der Waals surface area contributed by atoms with Gasteiger partial charge in [0.25, 0.3) is 0 Å². The molecule has 5 heteroatoms. The minimum absolute atomic E-state index is 0.290. The third kappa shape index (κ3) is 1.55. The van der Waals surface area contributed by atoms with Crippen LogP contribution in [-0.4, -0.2) is 15.0 Å². The van der Waals surface area contributed by atoms with E-state index in [1.165, 1.54) is 10.4 Å². The predicted octanol–water partition coefficient (Wildman–Crippen LogP) is 2.41. The van der Waals surface area contributed by atoms with Crippen molar-refractivity contribution in [1.29, 1.82) is 0 Å². The van der Waals surface area contributed by atoms with Crippen LogP contribution in [0.25, 0.3) is 10.2 Å². The first kappa shape index (κ1) is 10.2. The van der Waals surface area contributed by atoms with Crippen LogP contribution in [0.1, 0.15) is 22.4 Å². The van der Waals surface area contributed by atoms with Crippen molar-refractivity contribution in [1.82, 2.24) is 20.3 Å². The van der Waals surface area contributed by atoms with E-state index in [2.05, 4.69) is 33.5 Å². The van der Waals surface area contributed by atoms with Crippen LogP contribution in [0.4, 0.5) is 0 Å². The van der Waals surface area contributed by atoms with Crippen LogP contribution in [0, 0.1) is 0 Å². The summed E-state index contributed by atoms with van der Waals surface area (Å²) in [7, 11) is 0. The van der Waals surface area contributed by atoms with Crippen LogP contribution in [0.5, 0.6) is 0 Å². The van der Waals surface area contributed by atoms with E-state index in [9.17, 15) is 0 Å². The zero-order valence-corrected chi connectivity index (χ0v) is 10.5. The van der Waals surface area contributed by atoms with E-state index < -0.39 is 0 Å². The van der Waals surface area contributed by atoms with Crippen LogP contribution in [0.15, 0.2) is 30.6 Å². The van der Waals surface area contributed by atoms with Gasteiger partial charge in [0.1, 0.15) is 5.01 Å². The molecule has 90 valence electrons. The number of nitrogens with zero attached hydrogens (tertiary/aromatic N) is 2. The molecule has 0 saturated heterocycles. The standard InChI is InChI=1S/C13H12N4S/c1-2-4-12-8(3-1)17-13(18-12)10-5-9-11(6-14-10)16-7-15-9/h1-4,7,10,14H,5-6H2,(H,15,16).